The zero-order chi connectivity index (χ0) is 26.0. The molecule has 2 atom stereocenters. The second-order valence-electron chi connectivity index (χ2n) is 8.33. The number of hydrogen-bond donors (Lipinski definition) is 1. The monoisotopic (exact) mass is 512 g/mol. The van der Waals surface area contributed by atoms with Crippen LogP contribution in [0.15, 0.2) is 47.1 Å². The van der Waals surface area contributed by atoms with Crippen molar-refractivity contribution in [1.29, 1.82) is 0 Å². The molecule has 12 heteroatoms. The maximum absolute atomic E-state index is 13.5. The van der Waals surface area contributed by atoms with Gasteiger partial charge >= 0.3 is 0 Å². The summed E-state index contributed by atoms with van der Waals surface area (Å²) in [4.78, 5) is 8.58. The molecule has 4 rings (SSSR count). The Morgan fingerprint density at radius 1 is 0.972 bits per heavy atom. The highest BCUT2D eigenvalue weighted by Gasteiger charge is 2.32. The Hall–Kier alpha value is -3.93. The lowest BCUT2D eigenvalue weighted by Crippen LogP contribution is -2.31. The Morgan fingerprint density at radius 2 is 1.67 bits per heavy atom. The van der Waals surface area contributed by atoms with Crippen molar-refractivity contribution in [1.82, 2.24) is 24.7 Å². The van der Waals surface area contributed by atoms with Crippen molar-refractivity contribution < 1.29 is 22.3 Å². The first-order valence-electron chi connectivity index (χ1n) is 11.2. The Kier molecular flexibility index (Phi) is 6.97. The van der Waals surface area contributed by atoms with Gasteiger partial charge in [-0.3, -0.25) is 19.3 Å². The van der Waals surface area contributed by atoms with Crippen LogP contribution in [0.3, 0.4) is 0 Å². The number of nitrogens with one attached hydrogen (secondary N) is 1. The average molecular weight is 513 g/mol. The number of hydrogen-bond acceptors (Lipinski definition) is 9. The molecule has 1 N–H and O–H groups in total. The number of rotatable bonds is 9. The Labute approximate surface area is 209 Å². The summed E-state index contributed by atoms with van der Waals surface area (Å²) in [7, 11) is -0.939. The van der Waals surface area contributed by atoms with Crippen LogP contribution in [0, 0.1) is 13.8 Å². The van der Waals surface area contributed by atoms with Gasteiger partial charge in [0, 0.05) is 18.3 Å². The molecule has 0 spiro atoms. The van der Waals surface area contributed by atoms with E-state index in [1.165, 1.54) is 18.8 Å². The molecular formula is C24H28N6O5S. The highest BCUT2D eigenvalue weighted by atomic mass is 32.2. The molecule has 0 aliphatic carbocycles. The van der Waals surface area contributed by atoms with Gasteiger partial charge in [0.2, 0.25) is 21.8 Å². The van der Waals surface area contributed by atoms with Crippen LogP contribution in [0.2, 0.25) is 0 Å². The number of benzene rings is 1. The largest absolute Gasteiger partial charge is 0.494 e. The molecule has 190 valence electrons. The summed E-state index contributed by atoms with van der Waals surface area (Å²) in [6.45, 7) is 7.01. The van der Waals surface area contributed by atoms with Crippen LogP contribution >= 0.6 is 0 Å². The summed E-state index contributed by atoms with van der Waals surface area (Å²) in [6.07, 6.45) is 3.20. The molecule has 0 aliphatic heterocycles. The van der Waals surface area contributed by atoms with E-state index in [2.05, 4.69) is 24.9 Å². The number of furan rings is 1. The molecule has 4 aromatic rings. The molecule has 0 bridgehead atoms. The molecule has 3 aromatic heterocycles. The predicted octanol–water partition coefficient (Wildman–Crippen LogP) is 3.89. The van der Waals surface area contributed by atoms with E-state index >= 15 is 0 Å². The molecule has 0 radical (unpaired) electrons. The topological polar surface area (TPSA) is 134 Å². The van der Waals surface area contributed by atoms with Crippen molar-refractivity contribution in [2.24, 2.45) is 0 Å². The highest BCUT2D eigenvalue weighted by molar-refractivity contribution is 7.93. The van der Waals surface area contributed by atoms with Gasteiger partial charge in [-0.1, -0.05) is 13.0 Å². The first-order valence-corrected chi connectivity index (χ1v) is 12.7. The van der Waals surface area contributed by atoms with Crippen molar-refractivity contribution in [2.75, 3.05) is 18.9 Å². The van der Waals surface area contributed by atoms with Gasteiger partial charge < -0.3 is 13.9 Å². The van der Waals surface area contributed by atoms with Crippen LogP contribution in [-0.2, 0) is 10.0 Å². The smallest absolute Gasteiger partial charge is 0.243 e. The summed E-state index contributed by atoms with van der Waals surface area (Å²) in [5.41, 5.74) is 1.73. The molecule has 0 saturated heterocycles. The fourth-order valence-electron chi connectivity index (χ4n) is 3.70. The Morgan fingerprint density at radius 3 is 2.22 bits per heavy atom. The molecule has 1 aromatic carbocycles. The minimum Gasteiger partial charge on any atom is -0.494 e. The number of ether oxygens (including phenoxy) is 2. The van der Waals surface area contributed by atoms with Crippen LogP contribution in [0.5, 0.6) is 11.5 Å². The van der Waals surface area contributed by atoms with Gasteiger partial charge in [-0.15, -0.1) is 10.2 Å². The molecule has 0 aliphatic rings. The van der Waals surface area contributed by atoms with Gasteiger partial charge in [0.1, 0.15) is 22.9 Å². The molecule has 0 saturated carbocycles. The third kappa shape index (κ3) is 4.76. The van der Waals surface area contributed by atoms with Crippen molar-refractivity contribution in [3.8, 4) is 28.8 Å². The number of aromatic nitrogens is 5. The zero-order valence-corrected chi connectivity index (χ0v) is 21.7. The second-order valence-corrected chi connectivity index (χ2v) is 10.4. The maximum Gasteiger partial charge on any atom is 0.243 e. The third-order valence-corrected chi connectivity index (χ3v) is 7.80. The van der Waals surface area contributed by atoms with Gasteiger partial charge in [-0.05, 0) is 45.0 Å². The van der Waals surface area contributed by atoms with E-state index in [-0.39, 0.29) is 11.8 Å². The normalized spacial score (nSPS) is 13.3. The van der Waals surface area contributed by atoms with Crippen LogP contribution in [0.4, 0.5) is 5.95 Å². The van der Waals surface area contributed by atoms with Gasteiger partial charge in [0.15, 0.2) is 5.76 Å². The maximum atomic E-state index is 13.5. The third-order valence-electron chi connectivity index (χ3n) is 5.94. The first-order chi connectivity index (χ1) is 17.2. The van der Waals surface area contributed by atoms with Gasteiger partial charge in [0.25, 0.3) is 0 Å². The van der Waals surface area contributed by atoms with Crippen molar-refractivity contribution in [3.05, 3.63) is 59.9 Å². The molecule has 0 fully saturated rings. The SMILES string of the molecule is COc1cccc(OC)c1-n1c(NS(=O)(=O)[C@@H](C)[C@H](C)c2cnc(C)cn2)nnc1-c1ccc(C)o1. The summed E-state index contributed by atoms with van der Waals surface area (Å²) in [6, 6.07) is 8.74. The minimum absolute atomic E-state index is 0.0455. The van der Waals surface area contributed by atoms with Crippen LogP contribution in [-0.4, -0.2) is 52.6 Å². The van der Waals surface area contributed by atoms with Gasteiger partial charge in [0.05, 0.1) is 30.9 Å². The highest BCUT2D eigenvalue weighted by Crippen LogP contribution is 2.38. The molecule has 0 unspecified atom stereocenters. The number of aryl methyl sites for hydroxylation is 2. The molecule has 36 heavy (non-hydrogen) atoms. The van der Waals surface area contributed by atoms with Gasteiger partial charge in [-0.25, -0.2) is 8.42 Å². The summed E-state index contributed by atoms with van der Waals surface area (Å²) in [5.74, 6) is 1.69. The summed E-state index contributed by atoms with van der Waals surface area (Å²) >= 11 is 0. The van der Waals surface area contributed by atoms with Crippen LogP contribution in [0.25, 0.3) is 17.3 Å². The second kappa shape index (κ2) is 9.97. The van der Waals surface area contributed by atoms with E-state index in [0.717, 1.165) is 5.69 Å². The Bertz CT molecular complexity index is 1440. The number of para-hydroxylation sites is 1. The van der Waals surface area contributed by atoms with Crippen molar-refractivity contribution in [2.45, 2.75) is 38.9 Å². The lowest BCUT2D eigenvalue weighted by atomic mass is 10.1. The Balaban J connectivity index is 1.81. The number of nitrogens with zero attached hydrogens (tertiary/aromatic N) is 5. The molecule has 11 nitrogen and oxygen atoms in total. The average Bonchev–Trinajstić information content (AvgIpc) is 3.48. The lowest BCUT2D eigenvalue weighted by Gasteiger charge is -2.21. The van der Waals surface area contributed by atoms with E-state index in [4.69, 9.17) is 13.9 Å². The summed E-state index contributed by atoms with van der Waals surface area (Å²) in [5, 5.41) is 7.54. The predicted molar refractivity (Wildman–Crippen MR) is 134 cm³/mol. The van der Waals surface area contributed by atoms with E-state index in [1.54, 1.807) is 63.5 Å². The minimum atomic E-state index is -3.96. The number of methoxy groups -OCH3 is 2. The van der Waals surface area contributed by atoms with E-state index < -0.39 is 21.2 Å². The first kappa shape index (κ1) is 25.2. The van der Waals surface area contributed by atoms with E-state index in [9.17, 15) is 8.42 Å². The zero-order valence-electron chi connectivity index (χ0n) is 20.9. The van der Waals surface area contributed by atoms with Crippen LogP contribution < -0.4 is 14.2 Å². The standard InChI is InChI=1S/C24H28N6O5S/c1-14-12-26-18(13-25-14)16(3)17(4)36(31,32)29-24-28-27-23(21-11-10-15(2)35-21)30(24)22-19(33-5)8-7-9-20(22)34-6/h7-13,16-17H,1-6H3,(H,28,29)/t16-,17-/m0/s1. The van der Waals surface area contributed by atoms with Crippen molar-refractivity contribution >= 4 is 16.0 Å². The van der Waals surface area contributed by atoms with Crippen LogP contribution in [0.1, 0.15) is 36.9 Å². The quantitative estimate of drug-likeness (QED) is 0.354. The van der Waals surface area contributed by atoms with E-state index in [1.807, 2.05) is 6.92 Å². The summed E-state index contributed by atoms with van der Waals surface area (Å²) < 4.78 is 48.0. The fraction of sp³-hybridized carbons (Fsp3) is 0.333. The lowest BCUT2D eigenvalue weighted by molar-refractivity contribution is 0.391. The molecule has 3 heterocycles. The number of anilines is 1. The molecular weight excluding hydrogens is 484 g/mol. The molecule has 0 amide bonds. The van der Waals surface area contributed by atoms with Crippen molar-refractivity contribution in [3.63, 3.8) is 0 Å². The fourth-order valence-corrected chi connectivity index (χ4v) is 4.94. The number of sulfonamides is 1. The van der Waals surface area contributed by atoms with E-state index in [0.29, 0.717) is 34.4 Å². The van der Waals surface area contributed by atoms with Gasteiger partial charge in [-0.2, -0.15) is 0 Å².